The number of carboxylic acids is 1. The zero-order chi connectivity index (χ0) is 18.4. The van der Waals surface area contributed by atoms with Crippen LogP contribution in [-0.2, 0) is 14.1 Å². The van der Waals surface area contributed by atoms with Crippen molar-refractivity contribution in [2.24, 2.45) is 11.5 Å². The number of carbonyl (C=O) groups is 2. The van der Waals surface area contributed by atoms with Gasteiger partial charge < -0.3 is 31.1 Å². The number of carboxylic acid groups (broad SMARTS) is 1. The van der Waals surface area contributed by atoms with Crippen molar-refractivity contribution >= 4 is 19.5 Å². The summed E-state index contributed by atoms with van der Waals surface area (Å²) in [4.78, 5) is 40.8. The molecule has 0 heterocycles. The van der Waals surface area contributed by atoms with Gasteiger partial charge in [-0.25, -0.2) is 9.59 Å². The van der Waals surface area contributed by atoms with Gasteiger partial charge in [0.05, 0.1) is 18.3 Å². The highest BCUT2D eigenvalue weighted by Crippen LogP contribution is 2.37. The molecule has 0 unspecified atom stereocenters. The fraction of sp³-hybridized carbons (Fsp3) is 0.286. The summed E-state index contributed by atoms with van der Waals surface area (Å²) in [6.45, 7) is -0.213. The van der Waals surface area contributed by atoms with E-state index in [4.69, 9.17) is 31.1 Å². The largest absolute Gasteiger partial charge is 0.479 e. The van der Waals surface area contributed by atoms with Gasteiger partial charge in [-0.15, -0.1) is 0 Å². The minimum absolute atomic E-state index is 0.0170. The van der Waals surface area contributed by atoms with Crippen LogP contribution in [0.3, 0.4) is 0 Å². The second-order valence-corrected chi connectivity index (χ2v) is 6.76. The number of rotatable bonds is 8. The van der Waals surface area contributed by atoms with Gasteiger partial charge >= 0.3 is 19.5 Å². The predicted octanol–water partition coefficient (Wildman–Crippen LogP) is 0.0359. The van der Waals surface area contributed by atoms with Gasteiger partial charge in [-0.2, -0.15) is 0 Å². The minimum Gasteiger partial charge on any atom is -0.479 e. The molecule has 0 radical (unpaired) electrons. The lowest BCUT2D eigenvalue weighted by Gasteiger charge is -2.18. The van der Waals surface area contributed by atoms with Crippen LogP contribution < -0.4 is 11.5 Å². The van der Waals surface area contributed by atoms with E-state index < -0.39 is 31.4 Å². The molecule has 0 aliphatic heterocycles. The van der Waals surface area contributed by atoms with Crippen LogP contribution in [0.4, 0.5) is 0 Å². The average Bonchev–Trinajstić information content (AvgIpc) is 2.45. The molecule has 0 amide bonds. The van der Waals surface area contributed by atoms with Gasteiger partial charge in [0.1, 0.15) is 0 Å². The monoisotopic (exact) mass is 358 g/mol. The Morgan fingerprint density at radius 2 is 1.79 bits per heavy atom. The molecule has 0 aromatic heterocycles. The Morgan fingerprint density at radius 3 is 2.29 bits per heavy atom. The summed E-state index contributed by atoms with van der Waals surface area (Å²) in [5.41, 5.74) is 8.70. The molecule has 9 nitrogen and oxygen atoms in total. The molecule has 0 aliphatic carbocycles. The van der Waals surface area contributed by atoms with Crippen molar-refractivity contribution in [3.8, 4) is 0 Å². The van der Waals surface area contributed by atoms with Crippen LogP contribution in [0, 0.1) is 0 Å². The van der Waals surface area contributed by atoms with Crippen LogP contribution in [-0.4, -0.2) is 45.3 Å². The Balaban J connectivity index is 2.76. The van der Waals surface area contributed by atoms with Gasteiger partial charge in [-0.1, -0.05) is 23.8 Å². The predicted molar refractivity (Wildman–Crippen MR) is 85.1 cm³/mol. The van der Waals surface area contributed by atoms with Crippen molar-refractivity contribution in [3.63, 3.8) is 0 Å². The highest BCUT2D eigenvalue weighted by Gasteiger charge is 2.28. The van der Waals surface area contributed by atoms with Crippen LogP contribution in [0.25, 0.3) is 0 Å². The lowest BCUT2D eigenvalue weighted by atomic mass is 10.1. The Hall–Kier alpha value is -2.03. The molecule has 10 heteroatoms. The van der Waals surface area contributed by atoms with E-state index in [1.807, 2.05) is 0 Å². The first-order valence-electron chi connectivity index (χ1n) is 6.80. The van der Waals surface area contributed by atoms with Gasteiger partial charge in [0.15, 0.2) is 5.66 Å². The third-order valence-corrected chi connectivity index (χ3v) is 3.71. The number of benzene rings is 1. The number of aliphatic carboxylic acids is 1. The lowest BCUT2D eigenvalue weighted by molar-refractivity contribution is -0.141. The molecular formula is C14H19N2O7P. The molecule has 0 saturated carbocycles. The zero-order valence-electron chi connectivity index (χ0n) is 12.7. The molecule has 7 N–H and O–H groups in total. The number of nitrogens with two attached hydrogens (primary N) is 2. The van der Waals surface area contributed by atoms with E-state index >= 15 is 0 Å². The first kappa shape index (κ1) is 20.0. The van der Waals surface area contributed by atoms with Crippen LogP contribution in [0.15, 0.2) is 42.0 Å². The number of hydrogen-bond donors (Lipinski definition) is 5. The van der Waals surface area contributed by atoms with Gasteiger partial charge in [0, 0.05) is 6.42 Å². The molecule has 132 valence electrons. The fourth-order valence-electron chi connectivity index (χ4n) is 1.79. The van der Waals surface area contributed by atoms with E-state index in [-0.39, 0.29) is 18.6 Å². The fourth-order valence-corrected chi connectivity index (χ4v) is 2.57. The van der Waals surface area contributed by atoms with Crippen LogP contribution in [0.5, 0.6) is 0 Å². The number of esters is 1. The minimum atomic E-state index is -4.47. The van der Waals surface area contributed by atoms with Crippen molar-refractivity contribution in [3.05, 3.63) is 47.5 Å². The Morgan fingerprint density at radius 1 is 1.21 bits per heavy atom. The van der Waals surface area contributed by atoms with E-state index in [1.165, 1.54) is 0 Å². The number of carbonyl (C=O) groups excluding carboxylic acids is 1. The molecular weight excluding hydrogens is 339 g/mol. The average molecular weight is 358 g/mol. The zero-order valence-corrected chi connectivity index (χ0v) is 13.6. The molecule has 24 heavy (non-hydrogen) atoms. The summed E-state index contributed by atoms with van der Waals surface area (Å²) in [6, 6.07) is 8.12. The van der Waals surface area contributed by atoms with Crippen LogP contribution in [0.1, 0.15) is 16.8 Å². The molecule has 0 aliphatic rings. The molecule has 0 fully saturated rings. The standard InChI is InChI=1S/C14H19N2O7P/c15-14(16,13(18)19)8-10(9-24(20,21)22)6-7-23-12(17)11-4-2-1-3-5-11/h1-5,8H,6-7,9,15-16H2,(H,18,19)(H2,20,21,22)/b10-8-. The number of hydrogen-bond acceptors (Lipinski definition) is 6. The molecule has 0 spiro atoms. The van der Waals surface area contributed by atoms with Crippen molar-refractivity contribution in [1.29, 1.82) is 0 Å². The topological polar surface area (TPSA) is 173 Å². The highest BCUT2D eigenvalue weighted by atomic mass is 31.2. The van der Waals surface area contributed by atoms with Crippen molar-refractivity contribution < 1.29 is 33.8 Å². The summed E-state index contributed by atoms with van der Waals surface area (Å²) >= 11 is 0. The summed E-state index contributed by atoms with van der Waals surface area (Å²) in [7, 11) is -4.47. The first-order chi connectivity index (χ1) is 11.0. The summed E-state index contributed by atoms with van der Waals surface area (Å²) in [6.07, 6.45) is -0.00277. The van der Waals surface area contributed by atoms with Gasteiger partial charge in [0.2, 0.25) is 0 Å². The summed E-state index contributed by atoms with van der Waals surface area (Å²) in [5, 5.41) is 8.88. The van der Waals surface area contributed by atoms with Crippen molar-refractivity contribution in [1.82, 2.24) is 0 Å². The molecule has 1 aromatic rings. The second-order valence-electron chi connectivity index (χ2n) is 5.12. The quantitative estimate of drug-likeness (QED) is 0.186. The Bertz CT molecular complexity index is 667. The van der Waals surface area contributed by atoms with Crippen LogP contribution in [0.2, 0.25) is 0 Å². The number of ether oxygens (including phenoxy) is 1. The Labute approximate surface area is 138 Å². The third kappa shape index (κ3) is 7.03. The Kier molecular flexibility index (Phi) is 6.82. The van der Waals surface area contributed by atoms with Gasteiger partial charge in [-0.05, 0) is 18.2 Å². The maximum atomic E-state index is 11.8. The normalized spacial score (nSPS) is 12.8. The van der Waals surface area contributed by atoms with Crippen LogP contribution >= 0.6 is 7.60 Å². The van der Waals surface area contributed by atoms with Gasteiger partial charge in [0.25, 0.3) is 0 Å². The molecule has 1 rings (SSSR count). The van der Waals surface area contributed by atoms with Crippen molar-refractivity contribution in [2.75, 3.05) is 12.8 Å². The van der Waals surface area contributed by atoms with E-state index in [0.717, 1.165) is 6.08 Å². The SMILES string of the molecule is NC(N)(/C=C(/CCOC(=O)c1ccccc1)CP(=O)(O)O)C(=O)O. The smallest absolute Gasteiger partial charge is 0.342 e. The summed E-state index contributed by atoms with van der Waals surface area (Å²) in [5.74, 6) is -2.18. The van der Waals surface area contributed by atoms with Crippen molar-refractivity contribution in [2.45, 2.75) is 12.1 Å². The second kappa shape index (κ2) is 8.18. The van der Waals surface area contributed by atoms with E-state index in [9.17, 15) is 14.2 Å². The van der Waals surface area contributed by atoms with Gasteiger partial charge in [-0.3, -0.25) is 4.57 Å². The molecule has 0 saturated heterocycles. The summed E-state index contributed by atoms with van der Waals surface area (Å²) < 4.78 is 16.1. The maximum Gasteiger partial charge on any atom is 0.342 e. The highest BCUT2D eigenvalue weighted by molar-refractivity contribution is 7.52. The third-order valence-electron chi connectivity index (χ3n) is 2.89. The molecule has 0 bridgehead atoms. The van der Waals surface area contributed by atoms with E-state index in [2.05, 4.69) is 0 Å². The molecule has 0 atom stereocenters. The first-order valence-corrected chi connectivity index (χ1v) is 8.59. The van der Waals surface area contributed by atoms with E-state index in [1.54, 1.807) is 30.3 Å². The molecule has 1 aromatic carbocycles. The lowest BCUT2D eigenvalue weighted by Crippen LogP contribution is -2.55. The van der Waals surface area contributed by atoms with E-state index in [0.29, 0.717) is 5.56 Å². The maximum absolute atomic E-state index is 11.8.